The number of anilines is 1. The third-order valence-corrected chi connectivity index (χ3v) is 4.32. The van der Waals surface area contributed by atoms with Gasteiger partial charge in [-0.2, -0.15) is 0 Å². The Labute approximate surface area is 141 Å². The number of nitrogens with zero attached hydrogens (tertiary/aromatic N) is 2. The fourth-order valence-corrected chi connectivity index (χ4v) is 2.90. The molecule has 0 radical (unpaired) electrons. The van der Waals surface area contributed by atoms with Crippen molar-refractivity contribution < 1.29 is 4.92 Å². The summed E-state index contributed by atoms with van der Waals surface area (Å²) in [6.07, 6.45) is 1.70. The van der Waals surface area contributed by atoms with Gasteiger partial charge in [0.25, 0.3) is 5.69 Å². The van der Waals surface area contributed by atoms with Gasteiger partial charge in [0.05, 0.1) is 4.92 Å². The number of benzene rings is 2. The molecule has 1 heterocycles. The quantitative estimate of drug-likeness (QED) is 0.512. The van der Waals surface area contributed by atoms with Gasteiger partial charge in [-0.25, -0.2) is 4.98 Å². The van der Waals surface area contributed by atoms with Crippen LogP contribution in [-0.2, 0) is 0 Å². The van der Waals surface area contributed by atoms with Crippen molar-refractivity contribution in [1.82, 2.24) is 4.98 Å². The Morgan fingerprint density at radius 1 is 1.17 bits per heavy atom. The number of nitro benzene ring substituents is 1. The number of nitro groups is 1. The highest BCUT2D eigenvalue weighted by Crippen LogP contribution is 2.32. The van der Waals surface area contributed by atoms with E-state index in [9.17, 15) is 10.1 Å². The fraction of sp³-hybridized carbons (Fsp3) is 0.118. The van der Waals surface area contributed by atoms with Crippen LogP contribution in [0.15, 0.2) is 59.2 Å². The monoisotopic (exact) mass is 371 g/mol. The summed E-state index contributed by atoms with van der Waals surface area (Å²) in [5, 5.41) is 16.0. The summed E-state index contributed by atoms with van der Waals surface area (Å²) in [6.45, 7) is 2.03. The van der Waals surface area contributed by atoms with E-state index in [0.29, 0.717) is 5.82 Å². The van der Waals surface area contributed by atoms with Crippen molar-refractivity contribution in [3.63, 3.8) is 0 Å². The molecular formula is C17H14BrN3O2. The summed E-state index contributed by atoms with van der Waals surface area (Å²) in [5.41, 5.74) is 1.17. The minimum atomic E-state index is -0.398. The van der Waals surface area contributed by atoms with Gasteiger partial charge >= 0.3 is 0 Å². The molecule has 0 bridgehead atoms. The van der Waals surface area contributed by atoms with E-state index in [4.69, 9.17) is 0 Å². The van der Waals surface area contributed by atoms with Crippen molar-refractivity contribution in [3.05, 3.63) is 74.9 Å². The predicted molar refractivity (Wildman–Crippen MR) is 94.6 cm³/mol. The standard InChI is InChI=1S/C17H14BrN3O2/c1-11(12-5-3-2-4-6-12)20-17-15-9-13(21(22)23)7-8-14(15)16(18)10-19-17/h2-11H,1H3,(H,19,20). The Morgan fingerprint density at radius 3 is 2.61 bits per heavy atom. The molecule has 0 aliphatic rings. The number of hydrogen-bond donors (Lipinski definition) is 1. The van der Waals surface area contributed by atoms with E-state index in [1.165, 1.54) is 6.07 Å². The van der Waals surface area contributed by atoms with Gasteiger partial charge in [0.2, 0.25) is 0 Å². The van der Waals surface area contributed by atoms with E-state index in [-0.39, 0.29) is 11.7 Å². The molecule has 3 aromatic rings. The number of rotatable bonds is 4. The first-order valence-electron chi connectivity index (χ1n) is 7.10. The highest BCUT2D eigenvalue weighted by molar-refractivity contribution is 9.10. The molecule has 0 amide bonds. The average Bonchev–Trinajstić information content (AvgIpc) is 2.57. The number of halogens is 1. The number of fused-ring (bicyclic) bond motifs is 1. The smallest absolute Gasteiger partial charge is 0.270 e. The highest BCUT2D eigenvalue weighted by Gasteiger charge is 2.14. The topological polar surface area (TPSA) is 68.1 Å². The zero-order chi connectivity index (χ0) is 16.4. The maximum Gasteiger partial charge on any atom is 0.270 e. The minimum Gasteiger partial charge on any atom is -0.363 e. The van der Waals surface area contributed by atoms with Crippen LogP contribution in [0.25, 0.3) is 10.8 Å². The Bertz CT molecular complexity index is 868. The molecule has 1 aromatic heterocycles. The van der Waals surface area contributed by atoms with Crippen LogP contribution in [-0.4, -0.2) is 9.91 Å². The van der Waals surface area contributed by atoms with Crippen LogP contribution >= 0.6 is 15.9 Å². The van der Waals surface area contributed by atoms with Gasteiger partial charge in [-0.05, 0) is 34.5 Å². The predicted octanol–water partition coefficient (Wildman–Crippen LogP) is 5.08. The lowest BCUT2D eigenvalue weighted by Crippen LogP contribution is -2.08. The van der Waals surface area contributed by atoms with Crippen LogP contribution in [0, 0.1) is 10.1 Å². The van der Waals surface area contributed by atoms with Gasteiger partial charge in [-0.3, -0.25) is 10.1 Å². The molecule has 6 heteroatoms. The number of nitrogens with one attached hydrogen (secondary N) is 1. The average molecular weight is 372 g/mol. The molecule has 23 heavy (non-hydrogen) atoms. The van der Waals surface area contributed by atoms with Crippen LogP contribution in [0.3, 0.4) is 0 Å². The lowest BCUT2D eigenvalue weighted by molar-refractivity contribution is -0.384. The van der Waals surface area contributed by atoms with Crippen molar-refractivity contribution >= 4 is 38.2 Å². The van der Waals surface area contributed by atoms with Crippen LogP contribution in [0.1, 0.15) is 18.5 Å². The molecule has 116 valence electrons. The summed E-state index contributed by atoms with van der Waals surface area (Å²) in [6, 6.07) is 14.8. The van der Waals surface area contributed by atoms with E-state index in [0.717, 1.165) is 20.8 Å². The van der Waals surface area contributed by atoms with E-state index < -0.39 is 4.92 Å². The van der Waals surface area contributed by atoms with Crippen LogP contribution in [0.4, 0.5) is 11.5 Å². The highest BCUT2D eigenvalue weighted by atomic mass is 79.9. The van der Waals surface area contributed by atoms with Crippen molar-refractivity contribution in [2.24, 2.45) is 0 Å². The molecule has 1 atom stereocenters. The zero-order valence-electron chi connectivity index (χ0n) is 12.4. The first kappa shape index (κ1) is 15.4. The Hall–Kier alpha value is -2.47. The van der Waals surface area contributed by atoms with Crippen molar-refractivity contribution in [2.45, 2.75) is 13.0 Å². The second-order valence-corrected chi connectivity index (χ2v) is 6.07. The number of aromatic nitrogens is 1. The third kappa shape index (κ3) is 3.17. The Kier molecular flexibility index (Phi) is 4.25. The van der Waals surface area contributed by atoms with Crippen LogP contribution in [0.5, 0.6) is 0 Å². The van der Waals surface area contributed by atoms with E-state index in [2.05, 4.69) is 26.2 Å². The van der Waals surface area contributed by atoms with Gasteiger partial charge < -0.3 is 5.32 Å². The Morgan fingerprint density at radius 2 is 1.91 bits per heavy atom. The number of pyridine rings is 1. The lowest BCUT2D eigenvalue weighted by atomic mass is 10.1. The normalized spacial score (nSPS) is 12.1. The molecule has 0 aliphatic carbocycles. The maximum atomic E-state index is 11.0. The molecule has 1 unspecified atom stereocenters. The fourth-order valence-electron chi connectivity index (χ4n) is 2.46. The molecule has 0 saturated carbocycles. The summed E-state index contributed by atoms with van der Waals surface area (Å²) < 4.78 is 0.806. The lowest BCUT2D eigenvalue weighted by Gasteiger charge is -2.16. The van der Waals surface area contributed by atoms with E-state index >= 15 is 0 Å². The largest absolute Gasteiger partial charge is 0.363 e. The summed E-state index contributed by atoms with van der Waals surface area (Å²) in [7, 11) is 0. The zero-order valence-corrected chi connectivity index (χ0v) is 13.9. The van der Waals surface area contributed by atoms with Crippen LogP contribution in [0.2, 0.25) is 0 Å². The molecule has 1 N–H and O–H groups in total. The van der Waals surface area contributed by atoms with Crippen LogP contribution < -0.4 is 5.32 Å². The second kappa shape index (κ2) is 6.34. The van der Waals surface area contributed by atoms with Crippen molar-refractivity contribution in [3.8, 4) is 0 Å². The molecule has 5 nitrogen and oxygen atoms in total. The van der Waals surface area contributed by atoms with E-state index in [1.54, 1.807) is 18.3 Å². The number of hydrogen-bond acceptors (Lipinski definition) is 4. The van der Waals surface area contributed by atoms with Gasteiger partial charge in [-0.15, -0.1) is 0 Å². The molecule has 2 aromatic carbocycles. The van der Waals surface area contributed by atoms with Gasteiger partial charge in [-0.1, -0.05) is 30.3 Å². The Balaban J connectivity index is 2.04. The maximum absolute atomic E-state index is 11.0. The molecule has 0 spiro atoms. The summed E-state index contributed by atoms with van der Waals surface area (Å²) in [5.74, 6) is 0.628. The van der Waals surface area contributed by atoms with Gasteiger partial charge in [0.15, 0.2) is 0 Å². The molecule has 3 rings (SSSR count). The first-order chi connectivity index (χ1) is 11.1. The molecule has 0 fully saturated rings. The summed E-state index contributed by atoms with van der Waals surface area (Å²) in [4.78, 5) is 15.0. The third-order valence-electron chi connectivity index (χ3n) is 3.69. The van der Waals surface area contributed by atoms with Gasteiger partial charge in [0.1, 0.15) is 5.82 Å². The van der Waals surface area contributed by atoms with Crippen molar-refractivity contribution in [2.75, 3.05) is 5.32 Å². The van der Waals surface area contributed by atoms with Gasteiger partial charge in [0, 0.05) is 39.6 Å². The number of non-ortho nitro benzene ring substituents is 1. The van der Waals surface area contributed by atoms with E-state index in [1.807, 2.05) is 37.3 Å². The minimum absolute atomic E-state index is 0.0346. The SMILES string of the molecule is CC(Nc1ncc(Br)c2ccc([N+](=O)[O-])cc12)c1ccccc1. The summed E-state index contributed by atoms with van der Waals surface area (Å²) >= 11 is 3.44. The second-order valence-electron chi connectivity index (χ2n) is 5.22. The molecule has 0 aliphatic heterocycles. The molecule has 0 saturated heterocycles. The molecular weight excluding hydrogens is 358 g/mol. The first-order valence-corrected chi connectivity index (χ1v) is 7.89. The van der Waals surface area contributed by atoms with Crippen molar-refractivity contribution in [1.29, 1.82) is 0 Å².